The van der Waals surface area contributed by atoms with E-state index in [-0.39, 0.29) is 5.75 Å². The van der Waals surface area contributed by atoms with Crippen molar-refractivity contribution in [2.45, 2.75) is 19.8 Å². The zero-order valence-corrected chi connectivity index (χ0v) is 9.98. The maximum absolute atomic E-state index is 11.9. The van der Waals surface area contributed by atoms with Crippen LogP contribution < -0.4 is 4.94 Å². The van der Waals surface area contributed by atoms with E-state index in [1.54, 1.807) is 12.1 Å². The molecule has 17 heavy (non-hydrogen) atoms. The van der Waals surface area contributed by atoms with Crippen molar-refractivity contribution in [3.63, 3.8) is 0 Å². The Kier molecular flexibility index (Phi) is 3.43. The predicted molar refractivity (Wildman–Crippen MR) is 67.7 cm³/mol. The molecular weight excluding hydrogens is 215 g/mol. The smallest absolute Gasteiger partial charge is 0.171 e. The van der Waals surface area contributed by atoms with E-state index in [1.165, 1.54) is 5.56 Å². The molecule has 2 rings (SSSR count). The van der Waals surface area contributed by atoms with Gasteiger partial charge < -0.3 is 0 Å². The fraction of sp³-hybridized carbons (Fsp3) is 0.200. The molecule has 2 heteroatoms. The van der Waals surface area contributed by atoms with E-state index in [0.717, 1.165) is 11.1 Å². The van der Waals surface area contributed by atoms with E-state index >= 15 is 0 Å². The first-order chi connectivity index (χ1) is 8.20. The Morgan fingerprint density at radius 1 is 0.824 bits per heavy atom. The highest BCUT2D eigenvalue weighted by Crippen LogP contribution is 2.24. The van der Waals surface area contributed by atoms with Crippen molar-refractivity contribution in [2.24, 2.45) is 0 Å². The average Bonchev–Trinajstić information content (AvgIpc) is 2.39. The second-order valence-electron chi connectivity index (χ2n) is 4.38. The summed E-state index contributed by atoms with van der Waals surface area (Å²) in [5.41, 5.74) is 3.50. The number of rotatable bonds is 3. The number of benzene rings is 2. The average molecular weight is 230 g/mol. The van der Waals surface area contributed by atoms with Crippen LogP contribution in [-0.4, -0.2) is 0 Å². The molecule has 0 bridgehead atoms. The minimum absolute atomic E-state index is 0.229. The van der Waals surface area contributed by atoms with Crippen LogP contribution in [0.25, 0.3) is 11.1 Å². The van der Waals surface area contributed by atoms with Gasteiger partial charge in [-0.3, -0.25) is 4.94 Å². The van der Waals surface area contributed by atoms with Gasteiger partial charge in [0.15, 0.2) is 5.75 Å². The van der Waals surface area contributed by atoms with Crippen LogP contribution >= 0.6 is 0 Å². The second-order valence-corrected chi connectivity index (χ2v) is 4.38. The monoisotopic (exact) mass is 230 g/mol. The van der Waals surface area contributed by atoms with Crippen molar-refractivity contribution in [1.82, 2.24) is 0 Å². The van der Waals surface area contributed by atoms with Crippen LogP contribution in [0.5, 0.6) is 5.75 Å². The topological polar surface area (TPSA) is 9.23 Å². The normalized spacial score (nSPS) is 10.6. The molecule has 0 aliphatic carbocycles. The molecule has 0 N–H and O–H groups in total. The molecule has 2 aromatic rings. The summed E-state index contributed by atoms with van der Waals surface area (Å²) in [6, 6.07) is 15.3. The summed E-state index contributed by atoms with van der Waals surface area (Å²) in [5, 5.41) is 0. The standard InChI is InChI=1S/C15H15FO/c1-11(2)12-3-5-13(6-4-12)14-7-9-15(17-16)10-8-14/h3-11H,1-2H3. The molecule has 0 unspecified atom stereocenters. The lowest BCUT2D eigenvalue weighted by atomic mass is 9.99. The highest BCUT2D eigenvalue weighted by Gasteiger charge is 2.01. The van der Waals surface area contributed by atoms with Gasteiger partial charge in [-0.05, 0) is 34.7 Å². The summed E-state index contributed by atoms with van der Waals surface area (Å²) in [5.74, 6) is 0.763. The maximum atomic E-state index is 11.9. The molecule has 0 spiro atoms. The van der Waals surface area contributed by atoms with Gasteiger partial charge in [0.25, 0.3) is 0 Å². The van der Waals surface area contributed by atoms with Gasteiger partial charge in [0.2, 0.25) is 0 Å². The van der Waals surface area contributed by atoms with E-state index in [4.69, 9.17) is 0 Å². The Hall–Kier alpha value is -1.83. The SMILES string of the molecule is CC(C)c1ccc(-c2ccc(OF)cc2)cc1. The molecular formula is C15H15FO. The van der Waals surface area contributed by atoms with Crippen molar-refractivity contribution in [2.75, 3.05) is 0 Å². The van der Waals surface area contributed by atoms with Crippen molar-refractivity contribution in [3.8, 4) is 16.9 Å². The first-order valence-corrected chi connectivity index (χ1v) is 5.69. The summed E-state index contributed by atoms with van der Waals surface area (Å²) in [7, 11) is 0. The molecule has 0 aromatic heterocycles. The van der Waals surface area contributed by atoms with Gasteiger partial charge in [-0.15, -0.1) is 0 Å². The molecule has 0 radical (unpaired) electrons. The van der Waals surface area contributed by atoms with Crippen LogP contribution in [0.4, 0.5) is 4.53 Å². The van der Waals surface area contributed by atoms with Crippen LogP contribution in [0.2, 0.25) is 0 Å². The number of hydrogen-bond acceptors (Lipinski definition) is 1. The van der Waals surface area contributed by atoms with Gasteiger partial charge in [0.05, 0.1) is 0 Å². The number of hydrogen-bond donors (Lipinski definition) is 0. The van der Waals surface area contributed by atoms with Crippen LogP contribution in [0.15, 0.2) is 48.5 Å². The fourth-order valence-electron chi connectivity index (χ4n) is 1.76. The first kappa shape index (κ1) is 11.6. The van der Waals surface area contributed by atoms with E-state index in [0.29, 0.717) is 5.92 Å². The Morgan fingerprint density at radius 2 is 1.29 bits per heavy atom. The summed E-state index contributed by atoms with van der Waals surface area (Å²) in [4.78, 5) is 3.66. The van der Waals surface area contributed by atoms with Gasteiger partial charge in [-0.2, -0.15) is 0 Å². The molecule has 0 aliphatic heterocycles. The molecule has 0 fully saturated rings. The molecule has 2 aromatic carbocycles. The van der Waals surface area contributed by atoms with E-state index < -0.39 is 0 Å². The Bertz CT molecular complexity index is 471. The van der Waals surface area contributed by atoms with Crippen molar-refractivity contribution in [1.29, 1.82) is 0 Å². The maximum Gasteiger partial charge on any atom is 0.171 e. The molecule has 88 valence electrons. The van der Waals surface area contributed by atoms with Crippen LogP contribution in [0.3, 0.4) is 0 Å². The Morgan fingerprint density at radius 3 is 1.71 bits per heavy atom. The molecule has 0 amide bonds. The summed E-state index contributed by atoms with van der Waals surface area (Å²) in [6.07, 6.45) is 0. The van der Waals surface area contributed by atoms with Crippen LogP contribution in [-0.2, 0) is 0 Å². The highest BCUT2D eigenvalue weighted by atomic mass is 19.3. The van der Waals surface area contributed by atoms with Gasteiger partial charge in [0.1, 0.15) is 0 Å². The summed E-state index contributed by atoms with van der Waals surface area (Å²) in [6.45, 7) is 4.34. The predicted octanol–water partition coefficient (Wildman–Crippen LogP) is 4.74. The second kappa shape index (κ2) is 5.00. The third-order valence-corrected chi connectivity index (χ3v) is 2.85. The first-order valence-electron chi connectivity index (χ1n) is 5.69. The zero-order chi connectivity index (χ0) is 12.3. The highest BCUT2D eigenvalue weighted by molar-refractivity contribution is 5.64. The lowest BCUT2D eigenvalue weighted by molar-refractivity contribution is -0.00618. The lowest BCUT2D eigenvalue weighted by Crippen LogP contribution is -1.86. The minimum atomic E-state index is 0.229. The summed E-state index contributed by atoms with van der Waals surface area (Å²) < 4.78 is 11.9. The molecule has 0 saturated carbocycles. The lowest BCUT2D eigenvalue weighted by Gasteiger charge is -2.07. The largest absolute Gasteiger partial charge is 0.294 e. The van der Waals surface area contributed by atoms with Crippen molar-refractivity contribution < 1.29 is 9.47 Å². The van der Waals surface area contributed by atoms with Crippen molar-refractivity contribution >= 4 is 0 Å². The Balaban J connectivity index is 2.26. The minimum Gasteiger partial charge on any atom is -0.294 e. The molecule has 0 saturated heterocycles. The van der Waals surface area contributed by atoms with Gasteiger partial charge in [-0.1, -0.05) is 50.2 Å². The van der Waals surface area contributed by atoms with Crippen LogP contribution in [0, 0.1) is 0 Å². The van der Waals surface area contributed by atoms with E-state index in [1.807, 2.05) is 12.1 Å². The fourth-order valence-corrected chi connectivity index (χ4v) is 1.76. The van der Waals surface area contributed by atoms with E-state index in [2.05, 4.69) is 43.1 Å². The third kappa shape index (κ3) is 2.64. The third-order valence-electron chi connectivity index (χ3n) is 2.85. The van der Waals surface area contributed by atoms with Crippen molar-refractivity contribution in [3.05, 3.63) is 54.1 Å². The molecule has 0 heterocycles. The molecule has 1 nitrogen and oxygen atoms in total. The van der Waals surface area contributed by atoms with E-state index in [9.17, 15) is 4.53 Å². The Labute approximate surface area is 101 Å². The van der Waals surface area contributed by atoms with Gasteiger partial charge >= 0.3 is 0 Å². The van der Waals surface area contributed by atoms with Gasteiger partial charge in [0, 0.05) is 4.53 Å². The van der Waals surface area contributed by atoms with Crippen LogP contribution in [0.1, 0.15) is 25.3 Å². The molecule has 0 atom stereocenters. The quantitative estimate of drug-likeness (QED) is 0.740. The van der Waals surface area contributed by atoms with Gasteiger partial charge in [-0.25, -0.2) is 0 Å². The summed E-state index contributed by atoms with van der Waals surface area (Å²) >= 11 is 0. The number of halogens is 1. The molecule has 0 aliphatic rings. The zero-order valence-electron chi connectivity index (χ0n) is 9.98.